The summed E-state index contributed by atoms with van der Waals surface area (Å²) in [6.07, 6.45) is 3.09. The lowest BCUT2D eigenvalue weighted by atomic mass is 10.2. The first-order chi connectivity index (χ1) is 7.40. The van der Waals surface area contributed by atoms with Crippen molar-refractivity contribution in [2.45, 2.75) is 26.4 Å². The molecule has 0 saturated heterocycles. The Kier molecular flexibility index (Phi) is 3.59. The minimum atomic E-state index is 0.911. The molecule has 2 aromatic heterocycles. The summed E-state index contributed by atoms with van der Waals surface area (Å²) in [5.74, 6) is 0. The van der Waals surface area contributed by atoms with Crippen molar-refractivity contribution < 1.29 is 0 Å². The van der Waals surface area contributed by atoms with Crippen molar-refractivity contribution in [2.75, 3.05) is 0 Å². The summed E-state index contributed by atoms with van der Waals surface area (Å²) in [7, 11) is 0. The molecule has 0 aliphatic carbocycles. The van der Waals surface area contributed by atoms with Crippen LogP contribution < -0.4 is 5.32 Å². The maximum Gasteiger partial charge on any atom is 0.0360 e. The molecule has 0 amide bonds. The van der Waals surface area contributed by atoms with Crippen molar-refractivity contribution in [2.24, 2.45) is 0 Å². The van der Waals surface area contributed by atoms with Crippen LogP contribution in [-0.2, 0) is 19.5 Å². The van der Waals surface area contributed by atoms with E-state index in [0.717, 1.165) is 19.5 Å². The highest BCUT2D eigenvalue weighted by atomic mass is 32.1. The molecule has 15 heavy (non-hydrogen) atoms. The predicted octanol–water partition coefficient (Wildman–Crippen LogP) is 2.93. The van der Waals surface area contributed by atoms with Crippen LogP contribution in [0, 0.1) is 0 Å². The van der Waals surface area contributed by atoms with E-state index in [4.69, 9.17) is 0 Å². The number of hydrogen-bond acceptors (Lipinski definition) is 2. The topological polar surface area (TPSA) is 27.8 Å². The molecule has 0 bridgehead atoms. The third-order valence-corrected chi connectivity index (χ3v) is 3.45. The van der Waals surface area contributed by atoms with E-state index in [0.29, 0.717) is 0 Å². The van der Waals surface area contributed by atoms with Gasteiger partial charge in [0.15, 0.2) is 0 Å². The molecular weight excluding hydrogens is 204 g/mol. The molecule has 0 aromatic carbocycles. The minimum Gasteiger partial charge on any atom is -0.364 e. The van der Waals surface area contributed by atoms with Crippen LogP contribution in [0.4, 0.5) is 0 Å². The molecule has 80 valence electrons. The highest BCUT2D eigenvalue weighted by Gasteiger charge is 2.01. The molecule has 2 nitrogen and oxygen atoms in total. The molecule has 0 unspecified atom stereocenters. The smallest absolute Gasteiger partial charge is 0.0360 e. The average Bonchev–Trinajstić information content (AvgIpc) is 2.88. The molecule has 2 heterocycles. The molecule has 0 spiro atoms. The summed E-state index contributed by atoms with van der Waals surface area (Å²) in [6.45, 7) is 4.09. The van der Waals surface area contributed by atoms with E-state index < -0.39 is 0 Å². The summed E-state index contributed by atoms with van der Waals surface area (Å²) in [5.41, 5.74) is 2.71. The second-order valence-corrected chi connectivity index (χ2v) is 4.52. The zero-order valence-electron chi connectivity index (χ0n) is 8.92. The van der Waals surface area contributed by atoms with Crippen LogP contribution in [0.2, 0.25) is 0 Å². The van der Waals surface area contributed by atoms with Crippen LogP contribution in [0.3, 0.4) is 0 Å². The molecule has 2 aromatic rings. The largest absolute Gasteiger partial charge is 0.364 e. The van der Waals surface area contributed by atoms with Crippen molar-refractivity contribution in [1.82, 2.24) is 10.3 Å². The molecule has 0 fully saturated rings. The van der Waals surface area contributed by atoms with Crippen LogP contribution in [0.25, 0.3) is 0 Å². The van der Waals surface area contributed by atoms with Crippen LogP contribution in [-0.4, -0.2) is 4.98 Å². The van der Waals surface area contributed by atoms with Crippen molar-refractivity contribution >= 4 is 11.3 Å². The third-order valence-electron chi connectivity index (χ3n) is 2.48. The number of aryl methyl sites for hydroxylation is 1. The zero-order valence-corrected chi connectivity index (χ0v) is 9.73. The van der Waals surface area contributed by atoms with Crippen molar-refractivity contribution in [3.63, 3.8) is 0 Å². The SMILES string of the molecule is CCc1ccsc1CNCc1ccc[nH]1. The maximum atomic E-state index is 3.44. The molecule has 2 N–H and O–H groups in total. The summed E-state index contributed by atoms with van der Waals surface area (Å²) in [5, 5.41) is 5.62. The second-order valence-electron chi connectivity index (χ2n) is 3.52. The Morgan fingerprint density at radius 2 is 2.27 bits per heavy atom. The normalized spacial score (nSPS) is 10.7. The number of aromatic amines is 1. The Hall–Kier alpha value is -1.06. The fourth-order valence-electron chi connectivity index (χ4n) is 1.63. The monoisotopic (exact) mass is 220 g/mol. The Bertz CT molecular complexity index is 389. The Morgan fingerprint density at radius 1 is 1.33 bits per heavy atom. The van der Waals surface area contributed by atoms with Crippen molar-refractivity contribution in [3.8, 4) is 0 Å². The lowest BCUT2D eigenvalue weighted by Crippen LogP contribution is -2.12. The van der Waals surface area contributed by atoms with Gasteiger partial charge >= 0.3 is 0 Å². The third kappa shape index (κ3) is 2.70. The number of rotatable bonds is 5. The standard InChI is InChI=1S/C12H16N2S/c1-2-10-5-7-15-12(10)9-13-8-11-4-3-6-14-11/h3-7,13-14H,2,8-9H2,1H3. The van der Waals surface area contributed by atoms with Gasteiger partial charge in [0.2, 0.25) is 0 Å². The van der Waals surface area contributed by atoms with E-state index >= 15 is 0 Å². The average molecular weight is 220 g/mol. The number of H-pyrrole nitrogens is 1. The fraction of sp³-hybridized carbons (Fsp3) is 0.333. The van der Waals surface area contributed by atoms with Gasteiger partial charge in [-0.2, -0.15) is 0 Å². The van der Waals surface area contributed by atoms with Crippen molar-refractivity contribution in [3.05, 3.63) is 45.9 Å². The first-order valence-electron chi connectivity index (χ1n) is 5.28. The molecule has 0 aliphatic heterocycles. The quantitative estimate of drug-likeness (QED) is 0.796. The highest BCUT2D eigenvalue weighted by Crippen LogP contribution is 2.16. The molecular formula is C12H16N2S. The van der Waals surface area contributed by atoms with E-state index in [9.17, 15) is 0 Å². The van der Waals surface area contributed by atoms with Gasteiger partial charge in [-0.3, -0.25) is 0 Å². The first-order valence-corrected chi connectivity index (χ1v) is 6.16. The molecule has 0 radical (unpaired) electrons. The Balaban J connectivity index is 1.83. The Morgan fingerprint density at radius 3 is 3.00 bits per heavy atom. The van der Waals surface area contributed by atoms with E-state index in [-0.39, 0.29) is 0 Å². The lowest BCUT2D eigenvalue weighted by molar-refractivity contribution is 0.686. The predicted molar refractivity (Wildman–Crippen MR) is 65.0 cm³/mol. The first kappa shape index (κ1) is 10.5. The molecule has 3 heteroatoms. The molecule has 0 saturated carbocycles. The van der Waals surface area contributed by atoms with Crippen LogP contribution >= 0.6 is 11.3 Å². The van der Waals surface area contributed by atoms with Gasteiger partial charge in [-0.05, 0) is 35.6 Å². The zero-order chi connectivity index (χ0) is 10.5. The molecule has 0 atom stereocenters. The summed E-state index contributed by atoms with van der Waals surface area (Å²) in [4.78, 5) is 4.65. The minimum absolute atomic E-state index is 0.911. The van der Waals surface area contributed by atoms with Gasteiger partial charge in [0.25, 0.3) is 0 Å². The van der Waals surface area contributed by atoms with Gasteiger partial charge in [-0.15, -0.1) is 11.3 Å². The maximum absolute atomic E-state index is 3.44. The van der Waals surface area contributed by atoms with Gasteiger partial charge in [0.1, 0.15) is 0 Å². The molecule has 2 rings (SSSR count). The van der Waals surface area contributed by atoms with E-state index in [1.54, 1.807) is 0 Å². The summed E-state index contributed by atoms with van der Waals surface area (Å²) < 4.78 is 0. The summed E-state index contributed by atoms with van der Waals surface area (Å²) in [6, 6.07) is 6.35. The van der Waals surface area contributed by atoms with E-state index in [1.165, 1.54) is 16.1 Å². The van der Waals surface area contributed by atoms with Crippen LogP contribution in [0.5, 0.6) is 0 Å². The van der Waals surface area contributed by atoms with Gasteiger partial charge < -0.3 is 10.3 Å². The second kappa shape index (κ2) is 5.14. The summed E-state index contributed by atoms with van der Waals surface area (Å²) >= 11 is 1.84. The van der Waals surface area contributed by atoms with Gasteiger partial charge in [0.05, 0.1) is 0 Å². The number of thiophene rings is 1. The van der Waals surface area contributed by atoms with Crippen LogP contribution in [0.15, 0.2) is 29.8 Å². The van der Waals surface area contributed by atoms with Crippen LogP contribution in [0.1, 0.15) is 23.1 Å². The van der Waals surface area contributed by atoms with Gasteiger partial charge in [0, 0.05) is 29.9 Å². The van der Waals surface area contributed by atoms with E-state index in [1.807, 2.05) is 23.6 Å². The van der Waals surface area contributed by atoms with Gasteiger partial charge in [-0.25, -0.2) is 0 Å². The number of hydrogen-bond donors (Lipinski definition) is 2. The van der Waals surface area contributed by atoms with E-state index in [2.05, 4.69) is 34.7 Å². The molecule has 0 aliphatic rings. The number of nitrogens with one attached hydrogen (secondary N) is 2. The van der Waals surface area contributed by atoms with Crippen molar-refractivity contribution in [1.29, 1.82) is 0 Å². The highest BCUT2D eigenvalue weighted by molar-refractivity contribution is 7.10. The Labute approximate surface area is 94.3 Å². The lowest BCUT2D eigenvalue weighted by Gasteiger charge is -2.03. The van der Waals surface area contributed by atoms with Gasteiger partial charge in [-0.1, -0.05) is 6.92 Å². The fourth-order valence-corrected chi connectivity index (χ4v) is 2.57. The number of aromatic nitrogens is 1.